The molecule has 0 amide bonds. The molecular formula is C29H27ClN4O5. The molecule has 0 saturated carbocycles. The number of benzene rings is 2. The van der Waals surface area contributed by atoms with E-state index in [1.54, 1.807) is 12.1 Å². The molecule has 2 aliphatic heterocycles. The van der Waals surface area contributed by atoms with Crippen molar-refractivity contribution >= 4 is 17.6 Å². The van der Waals surface area contributed by atoms with Crippen LogP contribution in [0.25, 0.3) is 17.1 Å². The van der Waals surface area contributed by atoms with E-state index in [1.165, 1.54) is 29.1 Å². The van der Waals surface area contributed by atoms with Gasteiger partial charge >= 0.3 is 5.97 Å². The number of rotatable bonds is 8. The Morgan fingerprint density at radius 1 is 1.15 bits per heavy atom. The SMILES string of the molecule is COc1c(C(=O)O)cnn1-c1cccc(-c2cccc(Cl)c2OCc2ccc3c(c2)CCN(C2COC2)C3)n1. The van der Waals surface area contributed by atoms with Crippen LogP contribution in [0, 0.1) is 0 Å². The van der Waals surface area contributed by atoms with Crippen LogP contribution in [0.1, 0.15) is 27.0 Å². The fourth-order valence-electron chi connectivity index (χ4n) is 5.01. The molecule has 4 heterocycles. The molecule has 200 valence electrons. The van der Waals surface area contributed by atoms with Gasteiger partial charge in [0.1, 0.15) is 17.9 Å². The summed E-state index contributed by atoms with van der Waals surface area (Å²) < 4.78 is 18.3. The van der Waals surface area contributed by atoms with Crippen LogP contribution in [0.5, 0.6) is 11.6 Å². The number of hydrogen-bond acceptors (Lipinski definition) is 7. The fourth-order valence-corrected chi connectivity index (χ4v) is 5.24. The Labute approximate surface area is 230 Å². The third-order valence-corrected chi connectivity index (χ3v) is 7.47. The molecule has 0 radical (unpaired) electrons. The molecule has 0 aliphatic carbocycles. The van der Waals surface area contributed by atoms with Crippen LogP contribution in [-0.4, -0.2) is 63.7 Å². The molecule has 10 heteroatoms. The first-order valence-corrected chi connectivity index (χ1v) is 13.1. The number of halogens is 1. The van der Waals surface area contributed by atoms with Crippen molar-refractivity contribution in [3.63, 3.8) is 0 Å². The summed E-state index contributed by atoms with van der Waals surface area (Å²) in [5.74, 6) is -0.116. The zero-order valence-electron chi connectivity index (χ0n) is 21.3. The molecule has 1 N–H and O–H groups in total. The van der Waals surface area contributed by atoms with Crippen molar-refractivity contribution < 1.29 is 24.1 Å². The van der Waals surface area contributed by atoms with Crippen molar-refractivity contribution in [2.24, 2.45) is 0 Å². The van der Waals surface area contributed by atoms with Crippen LogP contribution in [0.2, 0.25) is 5.02 Å². The average Bonchev–Trinajstić information content (AvgIpc) is 3.36. The Morgan fingerprint density at radius 3 is 2.77 bits per heavy atom. The molecule has 1 fully saturated rings. The molecule has 0 unspecified atom stereocenters. The minimum atomic E-state index is -1.13. The highest BCUT2D eigenvalue weighted by Gasteiger charge is 2.29. The summed E-state index contributed by atoms with van der Waals surface area (Å²) in [7, 11) is 1.40. The second-order valence-corrected chi connectivity index (χ2v) is 9.99. The second kappa shape index (κ2) is 10.7. The normalized spacial score (nSPS) is 15.4. The molecule has 1 saturated heterocycles. The van der Waals surface area contributed by atoms with Crippen LogP contribution in [0.15, 0.2) is 60.8 Å². The van der Waals surface area contributed by atoms with E-state index in [-0.39, 0.29) is 11.4 Å². The molecule has 2 aliphatic rings. The number of aromatic carboxylic acids is 1. The predicted molar refractivity (Wildman–Crippen MR) is 145 cm³/mol. The number of aromatic nitrogens is 3. The lowest BCUT2D eigenvalue weighted by molar-refractivity contribution is -0.0695. The third kappa shape index (κ3) is 4.96. The highest BCUT2D eigenvalue weighted by Crippen LogP contribution is 2.37. The zero-order chi connectivity index (χ0) is 26.9. The number of hydrogen-bond donors (Lipinski definition) is 1. The summed E-state index contributed by atoms with van der Waals surface area (Å²) in [6.07, 6.45) is 2.25. The van der Waals surface area contributed by atoms with E-state index in [4.69, 9.17) is 30.8 Å². The van der Waals surface area contributed by atoms with E-state index in [2.05, 4.69) is 28.2 Å². The minimum absolute atomic E-state index is 0.0497. The number of pyridine rings is 1. The van der Waals surface area contributed by atoms with Gasteiger partial charge in [-0.25, -0.2) is 9.78 Å². The quantitative estimate of drug-likeness (QED) is 0.341. The third-order valence-electron chi connectivity index (χ3n) is 7.18. The number of para-hydroxylation sites is 1. The lowest BCUT2D eigenvalue weighted by Crippen LogP contribution is -2.50. The smallest absolute Gasteiger partial charge is 0.342 e. The Morgan fingerprint density at radius 2 is 2.00 bits per heavy atom. The van der Waals surface area contributed by atoms with E-state index in [1.807, 2.05) is 24.3 Å². The topological polar surface area (TPSA) is 98.9 Å². The first-order valence-electron chi connectivity index (χ1n) is 12.7. The Balaban J connectivity index is 1.24. The Kier molecular flexibility index (Phi) is 6.95. The monoisotopic (exact) mass is 546 g/mol. The van der Waals surface area contributed by atoms with Gasteiger partial charge in [-0.3, -0.25) is 4.90 Å². The van der Waals surface area contributed by atoms with Crippen LogP contribution in [0.3, 0.4) is 0 Å². The van der Waals surface area contributed by atoms with Crippen molar-refractivity contribution in [2.75, 3.05) is 26.9 Å². The summed E-state index contributed by atoms with van der Waals surface area (Å²) in [5, 5.41) is 14.1. The highest BCUT2D eigenvalue weighted by molar-refractivity contribution is 6.32. The zero-order valence-corrected chi connectivity index (χ0v) is 22.1. The molecule has 0 spiro atoms. The maximum absolute atomic E-state index is 11.5. The van der Waals surface area contributed by atoms with Crippen LogP contribution < -0.4 is 9.47 Å². The van der Waals surface area contributed by atoms with E-state index >= 15 is 0 Å². The average molecular weight is 547 g/mol. The lowest BCUT2D eigenvalue weighted by Gasteiger charge is -2.40. The van der Waals surface area contributed by atoms with Gasteiger partial charge in [0.05, 0.1) is 43.3 Å². The molecular weight excluding hydrogens is 520 g/mol. The molecule has 0 atom stereocenters. The first kappa shape index (κ1) is 25.4. The fraction of sp³-hybridized carbons (Fsp3) is 0.276. The van der Waals surface area contributed by atoms with Gasteiger partial charge in [0, 0.05) is 18.7 Å². The van der Waals surface area contributed by atoms with Gasteiger partial charge in [-0.05, 0) is 47.4 Å². The molecule has 2 aromatic carbocycles. The number of nitrogens with zero attached hydrogens (tertiary/aromatic N) is 4. The van der Waals surface area contributed by atoms with Crippen LogP contribution >= 0.6 is 11.6 Å². The maximum Gasteiger partial charge on any atom is 0.342 e. The van der Waals surface area contributed by atoms with Gasteiger partial charge in [-0.2, -0.15) is 9.78 Å². The van der Waals surface area contributed by atoms with Gasteiger partial charge in [-0.15, -0.1) is 0 Å². The van der Waals surface area contributed by atoms with Gasteiger partial charge in [0.15, 0.2) is 5.82 Å². The van der Waals surface area contributed by atoms with E-state index in [0.717, 1.165) is 38.3 Å². The van der Waals surface area contributed by atoms with Gasteiger partial charge in [0.2, 0.25) is 5.88 Å². The molecule has 2 aromatic heterocycles. The van der Waals surface area contributed by atoms with E-state index in [0.29, 0.717) is 40.5 Å². The number of carboxylic acid groups (broad SMARTS) is 1. The number of fused-ring (bicyclic) bond motifs is 1. The summed E-state index contributed by atoms with van der Waals surface area (Å²) in [4.78, 5) is 18.7. The molecule has 6 rings (SSSR count). The Hall–Kier alpha value is -3.92. The van der Waals surface area contributed by atoms with Crippen molar-refractivity contribution in [1.29, 1.82) is 0 Å². The summed E-state index contributed by atoms with van der Waals surface area (Å²) in [5.41, 5.74) is 5.05. The molecule has 39 heavy (non-hydrogen) atoms. The van der Waals surface area contributed by atoms with Crippen molar-refractivity contribution in [1.82, 2.24) is 19.7 Å². The Bertz CT molecular complexity index is 1530. The number of carboxylic acids is 1. The van der Waals surface area contributed by atoms with Crippen molar-refractivity contribution in [3.05, 3.63) is 88.1 Å². The van der Waals surface area contributed by atoms with Gasteiger partial charge < -0.3 is 19.3 Å². The maximum atomic E-state index is 11.5. The van der Waals surface area contributed by atoms with Crippen molar-refractivity contribution in [2.45, 2.75) is 25.6 Å². The molecule has 9 nitrogen and oxygen atoms in total. The first-order chi connectivity index (χ1) is 19.0. The summed E-state index contributed by atoms with van der Waals surface area (Å²) in [6.45, 7) is 4.02. The molecule has 4 aromatic rings. The minimum Gasteiger partial charge on any atom is -0.487 e. The highest BCUT2D eigenvalue weighted by atomic mass is 35.5. The van der Waals surface area contributed by atoms with E-state index < -0.39 is 5.97 Å². The summed E-state index contributed by atoms with van der Waals surface area (Å²) in [6, 6.07) is 18.0. The van der Waals surface area contributed by atoms with Crippen LogP contribution in [-0.2, 0) is 24.3 Å². The largest absolute Gasteiger partial charge is 0.487 e. The number of carbonyl (C=O) groups is 1. The lowest BCUT2D eigenvalue weighted by atomic mass is 9.96. The number of ether oxygens (including phenoxy) is 3. The standard InChI is InChI=1S/C29H27ClN4O5/c1-37-28-23(29(35)36)13-31-34(28)26-7-3-6-25(32-26)22-4-2-5-24(30)27(22)39-15-18-8-9-20-14-33(21-16-38-17-21)11-10-19(20)12-18/h2-9,12-13,21H,10-11,14-17H2,1H3,(H,35,36). The van der Waals surface area contributed by atoms with Crippen molar-refractivity contribution in [3.8, 4) is 28.7 Å². The summed E-state index contributed by atoms with van der Waals surface area (Å²) >= 11 is 6.60. The second-order valence-electron chi connectivity index (χ2n) is 9.59. The number of methoxy groups -OCH3 is 1. The van der Waals surface area contributed by atoms with Gasteiger partial charge in [0.25, 0.3) is 0 Å². The molecule has 0 bridgehead atoms. The predicted octanol–water partition coefficient (Wildman–Crippen LogP) is 4.63. The van der Waals surface area contributed by atoms with E-state index in [9.17, 15) is 9.90 Å². The van der Waals surface area contributed by atoms with Crippen LogP contribution in [0.4, 0.5) is 0 Å². The van der Waals surface area contributed by atoms with Gasteiger partial charge in [-0.1, -0.05) is 41.9 Å².